The Morgan fingerprint density at radius 2 is 2.00 bits per heavy atom. The van der Waals surface area contributed by atoms with Gasteiger partial charge in [-0.15, -0.1) is 35.3 Å². The molecule has 0 spiro atoms. The number of halogens is 4. The number of hydrogen-bond acceptors (Lipinski definition) is 4. The summed E-state index contributed by atoms with van der Waals surface area (Å²) in [5.74, 6) is 1.30. The zero-order valence-electron chi connectivity index (χ0n) is 15.7. The van der Waals surface area contributed by atoms with Gasteiger partial charge in [0.2, 0.25) is 0 Å². The average molecular weight is 528 g/mol. The maximum atomic E-state index is 12.6. The fourth-order valence-corrected chi connectivity index (χ4v) is 2.91. The van der Waals surface area contributed by atoms with Crippen molar-refractivity contribution in [3.8, 4) is 5.75 Å². The molecule has 0 atom stereocenters. The van der Waals surface area contributed by atoms with E-state index >= 15 is 0 Å². The van der Waals surface area contributed by atoms with Crippen molar-refractivity contribution in [3.05, 3.63) is 45.9 Å². The fourth-order valence-electron chi connectivity index (χ4n) is 2.17. The molecule has 1 aromatic heterocycles. The van der Waals surface area contributed by atoms with Gasteiger partial charge < -0.3 is 15.4 Å². The van der Waals surface area contributed by atoms with Gasteiger partial charge in [-0.2, -0.15) is 13.2 Å². The molecule has 5 nitrogen and oxygen atoms in total. The lowest BCUT2D eigenvalue weighted by atomic mass is 10.2. The van der Waals surface area contributed by atoms with E-state index in [0.717, 1.165) is 40.9 Å². The predicted octanol–water partition coefficient (Wildman–Crippen LogP) is 4.82. The average Bonchev–Trinajstić information content (AvgIpc) is 3.12. The van der Waals surface area contributed by atoms with Crippen LogP contribution in [-0.2, 0) is 19.3 Å². The largest absolute Gasteiger partial charge is 0.494 e. The molecule has 0 unspecified atom stereocenters. The molecule has 2 N–H and O–H groups in total. The van der Waals surface area contributed by atoms with Crippen molar-refractivity contribution in [2.24, 2.45) is 4.99 Å². The smallest absolute Gasteiger partial charge is 0.434 e. The normalized spacial score (nSPS) is 11.7. The van der Waals surface area contributed by atoms with E-state index in [1.165, 1.54) is 0 Å². The Balaban J connectivity index is 0.00000392. The maximum absolute atomic E-state index is 12.6. The third-order valence-electron chi connectivity index (χ3n) is 3.60. The molecule has 1 heterocycles. The Morgan fingerprint density at radius 3 is 2.64 bits per heavy atom. The van der Waals surface area contributed by atoms with Crippen LogP contribution in [0.2, 0.25) is 0 Å². The molecule has 0 amide bonds. The molecule has 0 aliphatic heterocycles. The predicted molar refractivity (Wildman–Crippen MR) is 116 cm³/mol. The van der Waals surface area contributed by atoms with Gasteiger partial charge in [-0.3, -0.25) is 4.99 Å². The van der Waals surface area contributed by atoms with Crippen LogP contribution in [0.3, 0.4) is 0 Å². The van der Waals surface area contributed by atoms with E-state index in [9.17, 15) is 13.2 Å². The van der Waals surface area contributed by atoms with Gasteiger partial charge in [0.15, 0.2) is 11.7 Å². The van der Waals surface area contributed by atoms with E-state index in [0.29, 0.717) is 24.1 Å². The molecule has 0 fully saturated rings. The van der Waals surface area contributed by atoms with Crippen molar-refractivity contribution < 1.29 is 17.9 Å². The first kappa shape index (κ1) is 24.5. The second-order valence-corrected chi connectivity index (χ2v) is 6.70. The molecule has 2 aromatic rings. The Hall–Kier alpha value is -1.56. The minimum Gasteiger partial charge on any atom is -0.494 e. The summed E-state index contributed by atoms with van der Waals surface area (Å²) in [5, 5.41) is 7.45. The Kier molecular flexibility index (Phi) is 10.6. The van der Waals surface area contributed by atoms with Crippen LogP contribution in [0.25, 0.3) is 0 Å². The third kappa shape index (κ3) is 8.21. The van der Waals surface area contributed by atoms with Crippen LogP contribution in [0.4, 0.5) is 13.2 Å². The van der Waals surface area contributed by atoms with Crippen molar-refractivity contribution in [1.82, 2.24) is 15.6 Å². The quantitative estimate of drug-likeness (QED) is 0.223. The number of thiazole rings is 1. The molecule has 2 rings (SSSR count). The summed E-state index contributed by atoms with van der Waals surface area (Å²) < 4.78 is 43.4. The topological polar surface area (TPSA) is 58.5 Å². The molecular formula is C18H24F3IN4OS. The van der Waals surface area contributed by atoms with Crippen LogP contribution < -0.4 is 15.4 Å². The molecule has 0 saturated heterocycles. The summed E-state index contributed by atoms with van der Waals surface area (Å²) in [6, 6.07) is 7.74. The second kappa shape index (κ2) is 12.1. The van der Waals surface area contributed by atoms with Gasteiger partial charge in [-0.05, 0) is 24.1 Å². The first-order valence-electron chi connectivity index (χ1n) is 8.60. The summed E-state index contributed by atoms with van der Waals surface area (Å²) in [4.78, 5) is 7.66. The van der Waals surface area contributed by atoms with E-state index in [1.807, 2.05) is 24.3 Å². The third-order valence-corrected chi connectivity index (χ3v) is 4.45. The first-order valence-corrected chi connectivity index (χ1v) is 9.48. The number of ether oxygens (including phenoxy) is 1. The number of aromatic nitrogens is 1. The van der Waals surface area contributed by atoms with Crippen molar-refractivity contribution in [3.63, 3.8) is 0 Å². The lowest BCUT2D eigenvalue weighted by molar-refractivity contribution is -0.140. The number of benzene rings is 1. The van der Waals surface area contributed by atoms with Crippen LogP contribution >= 0.6 is 35.3 Å². The number of unbranched alkanes of at least 4 members (excludes halogenated alkanes) is 1. The highest BCUT2D eigenvalue weighted by molar-refractivity contribution is 14.0. The monoisotopic (exact) mass is 528 g/mol. The molecule has 0 aliphatic rings. The van der Waals surface area contributed by atoms with Crippen LogP contribution in [-0.4, -0.2) is 24.6 Å². The van der Waals surface area contributed by atoms with Crippen LogP contribution in [0, 0.1) is 0 Å². The van der Waals surface area contributed by atoms with Crippen molar-refractivity contribution in [1.29, 1.82) is 0 Å². The van der Waals surface area contributed by atoms with Gasteiger partial charge in [0.05, 0.1) is 13.2 Å². The van der Waals surface area contributed by atoms with Gasteiger partial charge in [0.1, 0.15) is 10.8 Å². The standard InChI is InChI=1S/C18H23F3N4OS.HI/c1-3-4-8-26-14-7-5-6-13(9-14)10-23-17(22-2)24-11-16-25-15(12-27-16)18(19,20)21;/h5-7,9,12H,3-4,8,10-11H2,1-2H3,(H2,22,23,24);1H. The molecule has 0 radical (unpaired) electrons. The van der Waals surface area contributed by atoms with E-state index in [-0.39, 0.29) is 30.5 Å². The van der Waals surface area contributed by atoms with Gasteiger partial charge in [-0.1, -0.05) is 25.5 Å². The number of alkyl halides is 3. The van der Waals surface area contributed by atoms with E-state index in [4.69, 9.17) is 4.74 Å². The Bertz CT molecular complexity index is 752. The number of nitrogens with zero attached hydrogens (tertiary/aromatic N) is 2. The van der Waals surface area contributed by atoms with Gasteiger partial charge in [0, 0.05) is 19.0 Å². The lowest BCUT2D eigenvalue weighted by Gasteiger charge is -2.12. The summed E-state index contributed by atoms with van der Waals surface area (Å²) in [7, 11) is 1.60. The first-order chi connectivity index (χ1) is 12.9. The van der Waals surface area contributed by atoms with E-state index in [2.05, 4.69) is 27.5 Å². The number of guanidine groups is 1. The Morgan fingerprint density at radius 1 is 1.25 bits per heavy atom. The highest BCUT2D eigenvalue weighted by atomic mass is 127. The van der Waals surface area contributed by atoms with Gasteiger partial charge in [-0.25, -0.2) is 4.98 Å². The second-order valence-electron chi connectivity index (χ2n) is 5.75. The maximum Gasteiger partial charge on any atom is 0.434 e. The zero-order valence-corrected chi connectivity index (χ0v) is 18.8. The minimum absolute atomic E-state index is 0. The highest BCUT2D eigenvalue weighted by Crippen LogP contribution is 2.29. The highest BCUT2D eigenvalue weighted by Gasteiger charge is 2.33. The summed E-state index contributed by atoms with van der Waals surface area (Å²) >= 11 is 0.962. The number of aliphatic imine (C=N–C) groups is 1. The summed E-state index contributed by atoms with van der Waals surface area (Å²) in [5.41, 5.74) is 0.146. The molecular weight excluding hydrogens is 504 g/mol. The molecule has 28 heavy (non-hydrogen) atoms. The van der Waals surface area contributed by atoms with Gasteiger partial charge in [0.25, 0.3) is 0 Å². The van der Waals surface area contributed by atoms with Crippen LogP contribution in [0.1, 0.15) is 36.0 Å². The number of hydrogen-bond donors (Lipinski definition) is 2. The molecule has 1 aromatic carbocycles. The zero-order chi connectivity index (χ0) is 19.7. The van der Waals surface area contributed by atoms with E-state index < -0.39 is 11.9 Å². The SMILES string of the molecule is CCCCOc1cccc(CNC(=NC)NCc2nc(C(F)(F)F)cs2)c1.I. The molecule has 10 heteroatoms. The van der Waals surface area contributed by atoms with Crippen molar-refractivity contribution >= 4 is 41.3 Å². The molecule has 0 saturated carbocycles. The van der Waals surface area contributed by atoms with Gasteiger partial charge >= 0.3 is 6.18 Å². The molecule has 0 aliphatic carbocycles. The van der Waals surface area contributed by atoms with Crippen LogP contribution in [0.15, 0.2) is 34.6 Å². The van der Waals surface area contributed by atoms with E-state index in [1.54, 1.807) is 7.05 Å². The molecule has 0 bridgehead atoms. The lowest BCUT2D eigenvalue weighted by Crippen LogP contribution is -2.36. The number of nitrogens with one attached hydrogen (secondary N) is 2. The number of rotatable bonds is 8. The Labute approximate surface area is 183 Å². The summed E-state index contributed by atoms with van der Waals surface area (Å²) in [6.45, 7) is 3.47. The minimum atomic E-state index is -4.42. The van der Waals surface area contributed by atoms with Crippen LogP contribution in [0.5, 0.6) is 5.75 Å². The van der Waals surface area contributed by atoms with Crippen molar-refractivity contribution in [2.75, 3.05) is 13.7 Å². The fraction of sp³-hybridized carbons (Fsp3) is 0.444. The molecule has 156 valence electrons. The summed E-state index contributed by atoms with van der Waals surface area (Å²) in [6.07, 6.45) is -2.34. The van der Waals surface area contributed by atoms with Crippen molar-refractivity contribution in [2.45, 2.75) is 39.0 Å².